The number of nitrogens with zero attached hydrogens (tertiary/aromatic N) is 3. The average Bonchev–Trinajstić information content (AvgIpc) is 2.83. The average molecular weight is 376 g/mol. The van der Waals surface area contributed by atoms with E-state index < -0.39 is 10.0 Å². The Bertz CT molecular complexity index is 695. The van der Waals surface area contributed by atoms with Crippen LogP contribution in [0.2, 0.25) is 0 Å². The second-order valence-electron chi connectivity index (χ2n) is 4.78. The van der Waals surface area contributed by atoms with Gasteiger partial charge >= 0.3 is 0 Å². The first kappa shape index (κ1) is 14.4. The molecule has 0 unspecified atom stereocenters. The monoisotopic (exact) mass is 375 g/mol. The number of hydrogen-bond donors (Lipinski definition) is 0. The van der Waals surface area contributed by atoms with Gasteiger partial charge in [-0.05, 0) is 25.0 Å². The van der Waals surface area contributed by atoms with Crippen molar-refractivity contribution < 1.29 is 8.42 Å². The maximum Gasteiger partial charge on any atom is 0.245 e. The number of rotatable bonds is 5. The van der Waals surface area contributed by atoms with Crippen LogP contribution in [-0.2, 0) is 21.4 Å². The molecule has 0 spiro atoms. The topological polar surface area (TPSA) is 62.1 Å². The molecule has 108 valence electrons. The van der Waals surface area contributed by atoms with Gasteiger partial charge in [0.2, 0.25) is 10.0 Å². The van der Waals surface area contributed by atoms with E-state index in [1.165, 1.54) is 0 Å². The molecular weight excluding hydrogens is 362 g/mol. The van der Waals surface area contributed by atoms with Crippen LogP contribution in [0.4, 0.5) is 11.4 Å². The molecule has 1 fully saturated rings. The molecule has 0 aromatic heterocycles. The normalized spacial score (nSPS) is 17.9. The van der Waals surface area contributed by atoms with E-state index in [1.807, 2.05) is 0 Å². The van der Waals surface area contributed by atoms with E-state index in [9.17, 15) is 8.42 Å². The fraction of sp³-hybridized carbons (Fsp3) is 0.500. The van der Waals surface area contributed by atoms with Crippen molar-refractivity contribution >= 4 is 48.7 Å². The van der Waals surface area contributed by atoms with Crippen LogP contribution in [0.3, 0.4) is 0 Å². The molecule has 0 bridgehead atoms. The minimum Gasteiger partial charge on any atom is -0.207 e. The molecule has 8 heteroatoms. The van der Waals surface area contributed by atoms with Gasteiger partial charge in [-0.15, -0.1) is 0 Å². The van der Waals surface area contributed by atoms with Crippen molar-refractivity contribution in [3.8, 4) is 0 Å². The number of halogens is 1. The zero-order chi connectivity index (χ0) is 14.2. The van der Waals surface area contributed by atoms with Crippen LogP contribution in [0.1, 0.15) is 19.3 Å². The molecule has 1 aromatic carbocycles. The van der Waals surface area contributed by atoms with Gasteiger partial charge in [0.1, 0.15) is 16.3 Å². The Labute approximate surface area is 130 Å². The van der Waals surface area contributed by atoms with Crippen molar-refractivity contribution in [2.45, 2.75) is 30.2 Å². The summed E-state index contributed by atoms with van der Waals surface area (Å²) in [5, 5.41) is 0.633. The summed E-state index contributed by atoms with van der Waals surface area (Å²) in [6, 6.07) is 5.26. The maximum absolute atomic E-state index is 12.9. The molecule has 0 radical (unpaired) electrons. The van der Waals surface area contributed by atoms with E-state index in [0.29, 0.717) is 23.2 Å². The summed E-state index contributed by atoms with van der Waals surface area (Å²) in [4.78, 5) is 0.275. The Morgan fingerprint density at radius 2 is 2.15 bits per heavy atom. The number of alkyl halides is 1. The van der Waals surface area contributed by atoms with Crippen LogP contribution in [0.25, 0.3) is 0 Å². The van der Waals surface area contributed by atoms with Gasteiger partial charge in [-0.3, -0.25) is 0 Å². The van der Waals surface area contributed by atoms with Crippen LogP contribution in [0.5, 0.6) is 0 Å². The number of fused-ring (bicyclic) bond motifs is 1. The molecule has 20 heavy (non-hydrogen) atoms. The molecule has 3 rings (SSSR count). The van der Waals surface area contributed by atoms with E-state index in [-0.39, 0.29) is 10.9 Å². The van der Waals surface area contributed by atoms with Gasteiger partial charge < -0.3 is 0 Å². The summed E-state index contributed by atoms with van der Waals surface area (Å²) in [6.07, 6.45) is 2.98. The maximum atomic E-state index is 12.9. The van der Waals surface area contributed by atoms with E-state index >= 15 is 0 Å². The summed E-state index contributed by atoms with van der Waals surface area (Å²) in [5.41, 5.74) is 1.12. The Balaban J connectivity index is 2.03. The summed E-state index contributed by atoms with van der Waals surface area (Å²) in [5.74, 6) is 0. The van der Waals surface area contributed by atoms with Crippen LogP contribution >= 0.6 is 15.9 Å². The first-order valence-electron chi connectivity index (χ1n) is 6.43. The second kappa shape index (κ2) is 5.67. The van der Waals surface area contributed by atoms with Crippen molar-refractivity contribution in [1.29, 1.82) is 0 Å². The summed E-state index contributed by atoms with van der Waals surface area (Å²) < 4.78 is 35.7. The molecular formula is C12H14BrN3O2S2. The molecule has 2 aliphatic rings. The van der Waals surface area contributed by atoms with Gasteiger partial charge in [-0.2, -0.15) is 13.0 Å². The zero-order valence-corrected chi connectivity index (χ0v) is 13.9. The van der Waals surface area contributed by atoms with Gasteiger partial charge in [0, 0.05) is 17.9 Å². The van der Waals surface area contributed by atoms with Crippen LogP contribution in [0, 0.1) is 0 Å². The Hall–Kier alpha value is -0.570. The molecule has 0 amide bonds. The SMILES string of the molecule is O=S(=O)(c1cccc2c1N=S=N2)N(CCBr)C1CCC1. The standard InChI is InChI=1S/C12H14BrN3O2S2/c13-7-8-16(9-3-1-4-9)20(17,18)11-6-2-5-10-12(11)15-19-14-10/h2,5-6,9H,1,3-4,7-8H2. The number of hydrogen-bond acceptors (Lipinski definition) is 4. The third-order valence-corrected chi connectivity index (χ3v) is 6.50. The van der Waals surface area contributed by atoms with Crippen molar-refractivity contribution in [1.82, 2.24) is 4.31 Å². The molecule has 0 N–H and O–H groups in total. The molecule has 1 aliphatic carbocycles. The van der Waals surface area contributed by atoms with Crippen LogP contribution in [-0.4, -0.2) is 30.6 Å². The van der Waals surface area contributed by atoms with E-state index in [1.54, 1.807) is 22.5 Å². The molecule has 0 atom stereocenters. The highest BCUT2D eigenvalue weighted by molar-refractivity contribution is 9.09. The minimum atomic E-state index is -3.51. The Morgan fingerprint density at radius 3 is 2.80 bits per heavy atom. The third-order valence-electron chi connectivity index (χ3n) is 3.62. The predicted octanol–water partition coefficient (Wildman–Crippen LogP) is 3.35. The third kappa shape index (κ3) is 2.38. The lowest BCUT2D eigenvalue weighted by molar-refractivity contribution is 0.228. The molecule has 5 nitrogen and oxygen atoms in total. The molecule has 1 aliphatic heterocycles. The lowest BCUT2D eigenvalue weighted by Crippen LogP contribution is -2.45. The minimum absolute atomic E-state index is 0.124. The van der Waals surface area contributed by atoms with Gasteiger partial charge in [-0.25, -0.2) is 8.42 Å². The van der Waals surface area contributed by atoms with Crippen molar-refractivity contribution in [2.75, 3.05) is 11.9 Å². The number of benzene rings is 1. The second-order valence-corrected chi connectivity index (χ2v) is 7.96. The van der Waals surface area contributed by atoms with Crippen LogP contribution in [0.15, 0.2) is 31.8 Å². The Morgan fingerprint density at radius 1 is 1.35 bits per heavy atom. The quantitative estimate of drug-likeness (QED) is 0.752. The van der Waals surface area contributed by atoms with E-state index in [2.05, 4.69) is 24.7 Å². The summed E-state index contributed by atoms with van der Waals surface area (Å²) in [6.45, 7) is 0.487. The smallest absolute Gasteiger partial charge is 0.207 e. The van der Waals surface area contributed by atoms with Crippen molar-refractivity contribution in [2.24, 2.45) is 8.73 Å². The Kier molecular flexibility index (Phi) is 4.07. The summed E-state index contributed by atoms with van der Waals surface area (Å²) >= 11 is 4.39. The molecule has 1 aromatic rings. The fourth-order valence-electron chi connectivity index (χ4n) is 2.37. The highest BCUT2D eigenvalue weighted by Crippen LogP contribution is 2.40. The molecule has 1 heterocycles. The largest absolute Gasteiger partial charge is 0.245 e. The first-order valence-corrected chi connectivity index (χ1v) is 9.73. The highest BCUT2D eigenvalue weighted by Gasteiger charge is 2.36. The highest BCUT2D eigenvalue weighted by atomic mass is 79.9. The van der Waals surface area contributed by atoms with Gasteiger partial charge in [-0.1, -0.05) is 28.4 Å². The van der Waals surface area contributed by atoms with Crippen LogP contribution < -0.4 is 0 Å². The zero-order valence-electron chi connectivity index (χ0n) is 10.7. The molecule has 1 saturated carbocycles. The van der Waals surface area contributed by atoms with Gasteiger partial charge in [0.05, 0.1) is 11.4 Å². The van der Waals surface area contributed by atoms with E-state index in [0.717, 1.165) is 30.6 Å². The van der Waals surface area contributed by atoms with Gasteiger partial charge in [0.15, 0.2) is 0 Å². The van der Waals surface area contributed by atoms with Gasteiger partial charge in [0.25, 0.3) is 0 Å². The lowest BCUT2D eigenvalue weighted by Gasteiger charge is -2.36. The number of sulfonamides is 1. The lowest BCUT2D eigenvalue weighted by atomic mass is 9.93. The fourth-order valence-corrected chi connectivity index (χ4v) is 5.43. The summed E-state index contributed by atoms with van der Waals surface area (Å²) in [7, 11) is -3.51. The molecule has 0 saturated heterocycles. The predicted molar refractivity (Wildman–Crippen MR) is 83.3 cm³/mol. The first-order chi connectivity index (χ1) is 9.64. The van der Waals surface area contributed by atoms with E-state index in [4.69, 9.17) is 0 Å². The van der Waals surface area contributed by atoms with Crippen molar-refractivity contribution in [3.63, 3.8) is 0 Å². The van der Waals surface area contributed by atoms with Crippen molar-refractivity contribution in [3.05, 3.63) is 18.2 Å².